The topological polar surface area (TPSA) is 47.0 Å². The van der Waals surface area contributed by atoms with Gasteiger partial charge >= 0.3 is 0 Å². The van der Waals surface area contributed by atoms with E-state index in [2.05, 4.69) is 36.1 Å². The van der Waals surface area contributed by atoms with Gasteiger partial charge in [-0.1, -0.05) is 33.6 Å². The largest absolute Gasteiger partial charge is 0.481 e. The second-order valence-electron chi connectivity index (χ2n) is 5.12. The van der Waals surface area contributed by atoms with Crippen LogP contribution in [-0.4, -0.2) is 23.6 Å². The zero-order valence-electron chi connectivity index (χ0n) is 12.6. The molecule has 0 aromatic carbocycles. The summed E-state index contributed by atoms with van der Waals surface area (Å²) in [6, 6.07) is 2.23. The third-order valence-corrected chi connectivity index (χ3v) is 3.29. The average molecular weight is 265 g/mol. The van der Waals surface area contributed by atoms with E-state index in [9.17, 15) is 0 Å². The van der Waals surface area contributed by atoms with Crippen LogP contribution in [0.1, 0.15) is 58.2 Å². The van der Waals surface area contributed by atoms with Crippen molar-refractivity contribution in [2.24, 2.45) is 5.92 Å². The van der Waals surface area contributed by atoms with Crippen molar-refractivity contribution in [3.05, 3.63) is 18.1 Å². The molecule has 0 fully saturated rings. The van der Waals surface area contributed by atoms with Gasteiger partial charge in [0.1, 0.15) is 6.33 Å². The highest BCUT2D eigenvalue weighted by Gasteiger charge is 2.16. The van der Waals surface area contributed by atoms with E-state index in [1.54, 1.807) is 13.4 Å². The van der Waals surface area contributed by atoms with Crippen LogP contribution in [0.25, 0.3) is 0 Å². The van der Waals surface area contributed by atoms with Crippen LogP contribution in [0.2, 0.25) is 0 Å². The molecule has 1 N–H and O–H groups in total. The van der Waals surface area contributed by atoms with Crippen molar-refractivity contribution < 1.29 is 4.74 Å². The maximum Gasteiger partial charge on any atom is 0.216 e. The minimum absolute atomic E-state index is 0.290. The summed E-state index contributed by atoms with van der Waals surface area (Å²) in [7, 11) is 1.64. The Morgan fingerprint density at radius 2 is 2.05 bits per heavy atom. The molecule has 19 heavy (non-hydrogen) atoms. The molecule has 2 unspecified atom stereocenters. The van der Waals surface area contributed by atoms with Crippen LogP contribution in [-0.2, 0) is 0 Å². The van der Waals surface area contributed by atoms with Crippen molar-refractivity contribution in [3.8, 4) is 5.88 Å². The van der Waals surface area contributed by atoms with Crippen molar-refractivity contribution in [2.75, 3.05) is 13.7 Å². The molecule has 0 aliphatic rings. The van der Waals surface area contributed by atoms with Crippen LogP contribution in [0.4, 0.5) is 0 Å². The van der Waals surface area contributed by atoms with E-state index in [1.807, 2.05) is 6.07 Å². The standard InChI is InChI=1S/C15H27N3O/c1-5-7-12(3)9-13(16-8-6-2)14-10-15(19-4)18-11-17-14/h10-13,16H,5-9H2,1-4H3. The summed E-state index contributed by atoms with van der Waals surface area (Å²) in [6.07, 6.45) is 6.30. The van der Waals surface area contributed by atoms with Crippen LogP contribution < -0.4 is 10.1 Å². The Morgan fingerprint density at radius 3 is 2.68 bits per heavy atom. The summed E-state index contributed by atoms with van der Waals surface area (Å²) in [5.41, 5.74) is 1.03. The molecule has 0 saturated carbocycles. The van der Waals surface area contributed by atoms with Crippen LogP contribution in [0, 0.1) is 5.92 Å². The summed E-state index contributed by atoms with van der Waals surface area (Å²) in [6.45, 7) is 7.73. The van der Waals surface area contributed by atoms with Gasteiger partial charge in [0.05, 0.1) is 12.8 Å². The highest BCUT2D eigenvalue weighted by atomic mass is 16.5. The summed E-state index contributed by atoms with van der Waals surface area (Å²) < 4.78 is 5.18. The number of nitrogens with one attached hydrogen (secondary N) is 1. The van der Waals surface area contributed by atoms with Gasteiger partial charge in [0.2, 0.25) is 5.88 Å². The quantitative estimate of drug-likeness (QED) is 0.744. The lowest BCUT2D eigenvalue weighted by atomic mass is 9.95. The summed E-state index contributed by atoms with van der Waals surface area (Å²) >= 11 is 0. The first-order chi connectivity index (χ1) is 9.21. The molecule has 1 heterocycles. The molecule has 4 heteroatoms. The maximum atomic E-state index is 5.18. The first-order valence-electron chi connectivity index (χ1n) is 7.30. The predicted octanol–water partition coefficient (Wildman–Crippen LogP) is 3.35. The fourth-order valence-corrected chi connectivity index (χ4v) is 2.30. The normalized spacial score (nSPS) is 14.1. The third kappa shape index (κ3) is 5.55. The Labute approximate surface area is 117 Å². The van der Waals surface area contributed by atoms with E-state index in [-0.39, 0.29) is 0 Å². The number of hydrogen-bond donors (Lipinski definition) is 1. The lowest BCUT2D eigenvalue weighted by Crippen LogP contribution is -2.25. The van der Waals surface area contributed by atoms with Gasteiger partial charge in [-0.25, -0.2) is 9.97 Å². The molecule has 1 aromatic rings. The van der Waals surface area contributed by atoms with Crippen molar-refractivity contribution in [2.45, 2.75) is 52.5 Å². The Balaban J connectivity index is 2.76. The number of rotatable bonds is 9. The molecule has 108 valence electrons. The molecule has 1 rings (SSSR count). The average Bonchev–Trinajstić information content (AvgIpc) is 2.43. The van der Waals surface area contributed by atoms with Crippen molar-refractivity contribution >= 4 is 0 Å². The minimum Gasteiger partial charge on any atom is -0.481 e. The van der Waals surface area contributed by atoms with Gasteiger partial charge in [-0.3, -0.25) is 0 Å². The maximum absolute atomic E-state index is 5.18. The van der Waals surface area contributed by atoms with Gasteiger partial charge in [0.15, 0.2) is 0 Å². The van der Waals surface area contributed by atoms with Crippen LogP contribution in [0.15, 0.2) is 12.4 Å². The monoisotopic (exact) mass is 265 g/mol. The molecule has 2 atom stereocenters. The van der Waals surface area contributed by atoms with E-state index >= 15 is 0 Å². The van der Waals surface area contributed by atoms with Crippen LogP contribution in [0.5, 0.6) is 5.88 Å². The SMILES string of the molecule is CCCNC(CC(C)CCC)c1cc(OC)ncn1. The molecule has 1 aromatic heterocycles. The molecule has 0 spiro atoms. The zero-order chi connectivity index (χ0) is 14.1. The minimum atomic E-state index is 0.290. The number of aromatic nitrogens is 2. The highest BCUT2D eigenvalue weighted by Crippen LogP contribution is 2.24. The van der Waals surface area contributed by atoms with Crippen LogP contribution in [0.3, 0.4) is 0 Å². The van der Waals surface area contributed by atoms with Gasteiger partial charge in [-0.05, 0) is 25.3 Å². The van der Waals surface area contributed by atoms with E-state index in [4.69, 9.17) is 4.74 Å². The van der Waals surface area contributed by atoms with E-state index in [0.717, 1.165) is 25.1 Å². The van der Waals surface area contributed by atoms with Crippen molar-refractivity contribution in [1.29, 1.82) is 0 Å². The van der Waals surface area contributed by atoms with Gasteiger partial charge in [-0.15, -0.1) is 0 Å². The summed E-state index contributed by atoms with van der Waals surface area (Å²) in [5.74, 6) is 1.33. The van der Waals surface area contributed by atoms with Gasteiger partial charge < -0.3 is 10.1 Å². The fraction of sp³-hybridized carbons (Fsp3) is 0.733. The Kier molecular flexibility index (Phi) is 7.41. The van der Waals surface area contributed by atoms with Crippen LogP contribution >= 0.6 is 0 Å². The Bertz CT molecular complexity index is 357. The van der Waals surface area contributed by atoms with Gasteiger partial charge in [0.25, 0.3) is 0 Å². The lowest BCUT2D eigenvalue weighted by Gasteiger charge is -2.21. The molecule has 4 nitrogen and oxygen atoms in total. The fourth-order valence-electron chi connectivity index (χ4n) is 2.30. The smallest absolute Gasteiger partial charge is 0.216 e. The van der Waals surface area contributed by atoms with E-state index in [1.165, 1.54) is 12.8 Å². The number of nitrogens with zero attached hydrogens (tertiary/aromatic N) is 2. The Morgan fingerprint density at radius 1 is 1.26 bits per heavy atom. The van der Waals surface area contributed by atoms with Crippen molar-refractivity contribution in [1.82, 2.24) is 15.3 Å². The first-order valence-corrected chi connectivity index (χ1v) is 7.30. The molecule has 0 amide bonds. The number of hydrogen-bond acceptors (Lipinski definition) is 4. The second-order valence-corrected chi connectivity index (χ2v) is 5.12. The molecule has 0 bridgehead atoms. The number of methoxy groups -OCH3 is 1. The van der Waals surface area contributed by atoms with Crippen molar-refractivity contribution in [3.63, 3.8) is 0 Å². The third-order valence-electron chi connectivity index (χ3n) is 3.29. The molecular weight excluding hydrogens is 238 g/mol. The summed E-state index contributed by atoms with van der Waals surface area (Å²) in [4.78, 5) is 8.48. The van der Waals surface area contributed by atoms with Gasteiger partial charge in [0, 0.05) is 12.1 Å². The lowest BCUT2D eigenvalue weighted by molar-refractivity contribution is 0.374. The van der Waals surface area contributed by atoms with E-state index < -0.39 is 0 Å². The first kappa shape index (κ1) is 15.9. The highest BCUT2D eigenvalue weighted by molar-refractivity contribution is 5.16. The molecular formula is C15H27N3O. The number of ether oxygens (including phenoxy) is 1. The second kappa shape index (κ2) is 8.86. The summed E-state index contributed by atoms with van der Waals surface area (Å²) in [5, 5.41) is 3.58. The molecule has 0 aliphatic heterocycles. The predicted molar refractivity (Wildman–Crippen MR) is 78.3 cm³/mol. The molecule has 0 aliphatic carbocycles. The Hall–Kier alpha value is -1.16. The molecule has 0 saturated heterocycles. The zero-order valence-corrected chi connectivity index (χ0v) is 12.6. The van der Waals surface area contributed by atoms with E-state index in [0.29, 0.717) is 17.8 Å². The molecule has 0 radical (unpaired) electrons. The van der Waals surface area contributed by atoms with Gasteiger partial charge in [-0.2, -0.15) is 0 Å².